The van der Waals surface area contributed by atoms with Crippen molar-refractivity contribution in [3.05, 3.63) is 96.1 Å². The first-order valence-corrected chi connectivity index (χ1v) is 8.01. The summed E-state index contributed by atoms with van der Waals surface area (Å²) in [4.78, 5) is 12.7. The van der Waals surface area contributed by atoms with Gasteiger partial charge in [-0.1, -0.05) is 60.7 Å². The summed E-state index contributed by atoms with van der Waals surface area (Å²) in [7, 11) is 0. The first-order valence-electron chi connectivity index (χ1n) is 8.01. The van der Waals surface area contributed by atoms with E-state index in [9.17, 15) is 4.79 Å². The first-order chi connectivity index (χ1) is 11.7. The Morgan fingerprint density at radius 2 is 1.38 bits per heavy atom. The van der Waals surface area contributed by atoms with Crippen LogP contribution in [0.1, 0.15) is 28.9 Å². The lowest BCUT2D eigenvalue weighted by molar-refractivity contribution is 0.0941. The van der Waals surface area contributed by atoms with E-state index in [0.717, 1.165) is 16.9 Å². The zero-order valence-electron chi connectivity index (χ0n) is 13.6. The molecule has 1 unspecified atom stereocenters. The normalized spacial score (nSPS) is 11.5. The highest BCUT2D eigenvalue weighted by Gasteiger charge is 2.14. The van der Waals surface area contributed by atoms with Crippen LogP contribution in [0.3, 0.4) is 0 Å². The Kier molecular flexibility index (Phi) is 4.92. The fourth-order valence-corrected chi connectivity index (χ4v) is 2.57. The summed E-state index contributed by atoms with van der Waals surface area (Å²) < 4.78 is 0. The molecule has 120 valence electrons. The maximum atomic E-state index is 12.7. The molecular weight excluding hydrogens is 296 g/mol. The predicted molar refractivity (Wildman–Crippen MR) is 98.5 cm³/mol. The monoisotopic (exact) mass is 316 g/mol. The van der Waals surface area contributed by atoms with E-state index in [1.165, 1.54) is 0 Å². The number of benzene rings is 3. The van der Waals surface area contributed by atoms with Gasteiger partial charge in [-0.25, -0.2) is 0 Å². The number of para-hydroxylation sites is 2. The Balaban J connectivity index is 1.78. The van der Waals surface area contributed by atoms with E-state index in [4.69, 9.17) is 0 Å². The molecule has 24 heavy (non-hydrogen) atoms. The molecular formula is C21H20N2O. The van der Waals surface area contributed by atoms with E-state index in [1.54, 1.807) is 0 Å². The van der Waals surface area contributed by atoms with Crippen molar-refractivity contribution in [3.8, 4) is 0 Å². The standard InChI is InChI=1S/C21H20N2O/c1-16(17-10-4-2-5-11-17)22-21(24)19-14-8-9-15-20(19)23-18-12-6-3-7-13-18/h2-16,23H,1H3,(H,22,24). The molecule has 3 nitrogen and oxygen atoms in total. The fourth-order valence-electron chi connectivity index (χ4n) is 2.57. The second-order valence-corrected chi connectivity index (χ2v) is 5.64. The van der Waals surface area contributed by atoms with Gasteiger partial charge in [0.15, 0.2) is 0 Å². The molecule has 0 aromatic heterocycles. The van der Waals surface area contributed by atoms with Crippen LogP contribution in [0.4, 0.5) is 11.4 Å². The molecule has 0 saturated carbocycles. The Morgan fingerprint density at radius 3 is 2.08 bits per heavy atom. The van der Waals surface area contributed by atoms with Gasteiger partial charge in [-0.15, -0.1) is 0 Å². The van der Waals surface area contributed by atoms with Crippen LogP contribution >= 0.6 is 0 Å². The molecule has 3 rings (SSSR count). The summed E-state index contributed by atoms with van der Waals surface area (Å²) in [5.41, 5.74) is 3.46. The number of carbonyl (C=O) groups is 1. The molecule has 0 bridgehead atoms. The summed E-state index contributed by atoms with van der Waals surface area (Å²) in [6, 6.07) is 27.3. The SMILES string of the molecule is CC(NC(=O)c1ccccc1Nc1ccccc1)c1ccccc1. The molecule has 3 heteroatoms. The number of anilines is 2. The molecule has 0 heterocycles. The molecule has 0 aliphatic rings. The van der Waals surface area contributed by atoms with Gasteiger partial charge in [-0.05, 0) is 36.8 Å². The molecule has 0 saturated heterocycles. The molecule has 3 aromatic carbocycles. The first kappa shape index (κ1) is 15.8. The van der Waals surface area contributed by atoms with Crippen molar-refractivity contribution in [2.24, 2.45) is 0 Å². The molecule has 1 atom stereocenters. The van der Waals surface area contributed by atoms with Crippen molar-refractivity contribution < 1.29 is 4.79 Å². The number of hydrogen-bond acceptors (Lipinski definition) is 2. The van der Waals surface area contributed by atoms with E-state index in [2.05, 4.69) is 10.6 Å². The molecule has 2 N–H and O–H groups in total. The number of amides is 1. The average Bonchev–Trinajstić information content (AvgIpc) is 2.63. The van der Waals surface area contributed by atoms with Crippen LogP contribution in [0, 0.1) is 0 Å². The van der Waals surface area contributed by atoms with Crippen LogP contribution in [-0.4, -0.2) is 5.91 Å². The topological polar surface area (TPSA) is 41.1 Å². The lowest BCUT2D eigenvalue weighted by Crippen LogP contribution is -2.27. The number of rotatable bonds is 5. The zero-order chi connectivity index (χ0) is 16.8. The highest BCUT2D eigenvalue weighted by molar-refractivity contribution is 6.00. The molecule has 1 amide bonds. The number of hydrogen-bond donors (Lipinski definition) is 2. The highest BCUT2D eigenvalue weighted by atomic mass is 16.1. The van der Waals surface area contributed by atoms with Crippen molar-refractivity contribution in [1.29, 1.82) is 0 Å². The van der Waals surface area contributed by atoms with E-state index >= 15 is 0 Å². The minimum atomic E-state index is -0.0922. The second kappa shape index (κ2) is 7.47. The van der Waals surface area contributed by atoms with E-state index in [-0.39, 0.29) is 11.9 Å². The average molecular weight is 316 g/mol. The van der Waals surface area contributed by atoms with Crippen LogP contribution in [0.2, 0.25) is 0 Å². The minimum Gasteiger partial charge on any atom is -0.355 e. The summed E-state index contributed by atoms with van der Waals surface area (Å²) in [6.07, 6.45) is 0. The molecule has 3 aromatic rings. The number of nitrogens with one attached hydrogen (secondary N) is 2. The fraction of sp³-hybridized carbons (Fsp3) is 0.0952. The van der Waals surface area contributed by atoms with Crippen molar-refractivity contribution >= 4 is 17.3 Å². The molecule has 0 aliphatic carbocycles. The van der Waals surface area contributed by atoms with Gasteiger partial charge in [-0.2, -0.15) is 0 Å². The van der Waals surface area contributed by atoms with Crippen molar-refractivity contribution in [1.82, 2.24) is 5.32 Å². The lowest BCUT2D eigenvalue weighted by Gasteiger charge is -2.16. The summed E-state index contributed by atoms with van der Waals surface area (Å²) >= 11 is 0. The summed E-state index contributed by atoms with van der Waals surface area (Å²) in [6.45, 7) is 1.99. The Hall–Kier alpha value is -3.07. The second-order valence-electron chi connectivity index (χ2n) is 5.64. The van der Waals surface area contributed by atoms with Gasteiger partial charge in [0.05, 0.1) is 17.3 Å². The maximum absolute atomic E-state index is 12.7. The van der Waals surface area contributed by atoms with Crippen LogP contribution in [0.5, 0.6) is 0 Å². The Labute approximate surface area is 142 Å². The third kappa shape index (κ3) is 3.82. The third-order valence-electron chi connectivity index (χ3n) is 3.87. The van der Waals surface area contributed by atoms with Gasteiger partial charge >= 0.3 is 0 Å². The summed E-state index contributed by atoms with van der Waals surface area (Å²) in [5.74, 6) is -0.0922. The Morgan fingerprint density at radius 1 is 0.792 bits per heavy atom. The van der Waals surface area contributed by atoms with Crippen molar-refractivity contribution in [3.63, 3.8) is 0 Å². The lowest BCUT2D eigenvalue weighted by atomic mass is 10.1. The van der Waals surface area contributed by atoms with Crippen LogP contribution in [0.15, 0.2) is 84.9 Å². The zero-order valence-corrected chi connectivity index (χ0v) is 13.6. The minimum absolute atomic E-state index is 0.0523. The van der Waals surface area contributed by atoms with Gasteiger partial charge in [0, 0.05) is 5.69 Å². The molecule has 0 aliphatic heterocycles. The largest absolute Gasteiger partial charge is 0.355 e. The van der Waals surface area contributed by atoms with Gasteiger partial charge in [0.2, 0.25) is 0 Å². The van der Waals surface area contributed by atoms with Gasteiger partial charge in [-0.3, -0.25) is 4.79 Å². The van der Waals surface area contributed by atoms with Crippen LogP contribution in [-0.2, 0) is 0 Å². The third-order valence-corrected chi connectivity index (χ3v) is 3.87. The number of carbonyl (C=O) groups excluding carboxylic acids is 1. The smallest absolute Gasteiger partial charge is 0.253 e. The molecule has 0 spiro atoms. The maximum Gasteiger partial charge on any atom is 0.253 e. The van der Waals surface area contributed by atoms with Crippen molar-refractivity contribution in [2.75, 3.05) is 5.32 Å². The van der Waals surface area contributed by atoms with Gasteiger partial charge < -0.3 is 10.6 Å². The quantitative estimate of drug-likeness (QED) is 0.701. The predicted octanol–water partition coefficient (Wildman–Crippen LogP) is 4.92. The molecule has 0 fully saturated rings. The van der Waals surface area contributed by atoms with Crippen LogP contribution < -0.4 is 10.6 Å². The van der Waals surface area contributed by atoms with Crippen LogP contribution in [0.25, 0.3) is 0 Å². The van der Waals surface area contributed by atoms with E-state index in [0.29, 0.717) is 5.56 Å². The Bertz CT molecular complexity index is 800. The van der Waals surface area contributed by atoms with E-state index in [1.807, 2.05) is 91.9 Å². The van der Waals surface area contributed by atoms with Gasteiger partial charge in [0.25, 0.3) is 5.91 Å². The van der Waals surface area contributed by atoms with E-state index < -0.39 is 0 Å². The highest BCUT2D eigenvalue weighted by Crippen LogP contribution is 2.21. The van der Waals surface area contributed by atoms with Gasteiger partial charge in [0.1, 0.15) is 0 Å². The molecule has 0 radical (unpaired) electrons. The van der Waals surface area contributed by atoms with Crippen molar-refractivity contribution in [2.45, 2.75) is 13.0 Å². The summed E-state index contributed by atoms with van der Waals surface area (Å²) in [5, 5.41) is 6.37.